The number of hydrogen-bond donors (Lipinski definition) is 1. The van der Waals surface area contributed by atoms with Gasteiger partial charge in [-0.1, -0.05) is 17.7 Å². The van der Waals surface area contributed by atoms with Crippen LogP contribution in [-0.4, -0.2) is 9.55 Å². The van der Waals surface area contributed by atoms with Crippen molar-refractivity contribution in [1.29, 1.82) is 0 Å². The maximum Gasteiger partial charge on any atom is 0.143 e. The second-order valence-electron chi connectivity index (χ2n) is 5.76. The smallest absolute Gasteiger partial charge is 0.143 e. The van der Waals surface area contributed by atoms with E-state index in [1.807, 2.05) is 12.1 Å². The van der Waals surface area contributed by atoms with Crippen molar-refractivity contribution in [3.63, 3.8) is 0 Å². The second-order valence-corrected chi connectivity index (χ2v) is 6.20. The molecular weight excluding hydrogens is 282 g/mol. The van der Waals surface area contributed by atoms with Crippen molar-refractivity contribution in [2.24, 2.45) is 0 Å². The van der Waals surface area contributed by atoms with Gasteiger partial charge in [-0.3, -0.25) is 0 Å². The second kappa shape index (κ2) is 4.50. The van der Waals surface area contributed by atoms with Crippen LogP contribution < -0.4 is 5.73 Å². The van der Waals surface area contributed by atoms with Crippen LogP contribution in [0.15, 0.2) is 36.4 Å². The molecule has 0 amide bonds. The molecule has 0 radical (unpaired) electrons. The lowest BCUT2D eigenvalue weighted by molar-refractivity contribution is 0.775. The lowest BCUT2D eigenvalue weighted by atomic mass is 10.1. The maximum absolute atomic E-state index is 6.16. The van der Waals surface area contributed by atoms with Crippen molar-refractivity contribution in [1.82, 2.24) is 9.55 Å². The molecule has 0 unspecified atom stereocenters. The maximum atomic E-state index is 6.16. The van der Waals surface area contributed by atoms with Crippen LogP contribution in [0, 0.1) is 6.92 Å². The highest BCUT2D eigenvalue weighted by Gasteiger charge is 2.29. The summed E-state index contributed by atoms with van der Waals surface area (Å²) >= 11 is 6.01. The first-order chi connectivity index (χ1) is 10.1. The Kier molecular flexibility index (Phi) is 2.73. The molecule has 0 atom stereocenters. The first-order valence-electron chi connectivity index (χ1n) is 7.17. The van der Waals surface area contributed by atoms with Crippen molar-refractivity contribution in [2.45, 2.75) is 25.8 Å². The summed E-state index contributed by atoms with van der Waals surface area (Å²) in [5.41, 5.74) is 11.2. The Morgan fingerprint density at radius 2 is 2.00 bits per heavy atom. The van der Waals surface area contributed by atoms with Gasteiger partial charge in [-0.05, 0) is 55.7 Å². The Morgan fingerprint density at radius 3 is 2.71 bits per heavy atom. The summed E-state index contributed by atoms with van der Waals surface area (Å²) in [6.45, 7) is 2.09. The number of aryl methyl sites for hydroxylation is 1. The summed E-state index contributed by atoms with van der Waals surface area (Å²) in [5.74, 6) is 0.951. The first kappa shape index (κ1) is 12.7. The molecule has 0 spiro atoms. The average Bonchev–Trinajstić information content (AvgIpc) is 3.20. The molecule has 1 heterocycles. The fraction of sp³-hybridized carbons (Fsp3) is 0.235. The predicted molar refractivity (Wildman–Crippen MR) is 87.6 cm³/mol. The van der Waals surface area contributed by atoms with E-state index >= 15 is 0 Å². The zero-order valence-electron chi connectivity index (χ0n) is 11.8. The van der Waals surface area contributed by atoms with Gasteiger partial charge in [-0.25, -0.2) is 4.98 Å². The number of benzene rings is 2. The third kappa shape index (κ3) is 2.09. The van der Waals surface area contributed by atoms with E-state index in [4.69, 9.17) is 22.3 Å². The number of fused-ring (bicyclic) bond motifs is 1. The number of hydrogen-bond acceptors (Lipinski definition) is 2. The summed E-state index contributed by atoms with van der Waals surface area (Å²) in [7, 11) is 0. The van der Waals surface area contributed by atoms with Gasteiger partial charge in [0.25, 0.3) is 0 Å². The predicted octanol–water partition coefficient (Wildman–Crippen LogP) is 4.58. The fourth-order valence-corrected chi connectivity index (χ4v) is 3.02. The molecule has 3 aromatic rings. The fourth-order valence-electron chi connectivity index (χ4n) is 2.84. The Morgan fingerprint density at radius 1 is 1.19 bits per heavy atom. The normalized spacial score (nSPS) is 14.8. The molecule has 106 valence electrons. The summed E-state index contributed by atoms with van der Waals surface area (Å²) in [6.07, 6.45) is 2.42. The van der Waals surface area contributed by atoms with Gasteiger partial charge in [0.1, 0.15) is 5.82 Å². The standard InChI is InChI=1S/C17H16ClN3/c1-10-2-7-16-15(8-10)20-17(21(16)12-4-5-12)13-6-3-11(18)9-14(13)19/h2-3,6-9,12H,4-5,19H2,1H3. The molecule has 2 aromatic carbocycles. The molecule has 1 saturated carbocycles. The summed E-state index contributed by atoms with van der Waals surface area (Å²) < 4.78 is 2.33. The van der Waals surface area contributed by atoms with Gasteiger partial charge in [0.2, 0.25) is 0 Å². The Hall–Kier alpha value is -2.00. The van der Waals surface area contributed by atoms with Crippen molar-refractivity contribution >= 4 is 28.3 Å². The number of nitrogens with zero attached hydrogens (tertiary/aromatic N) is 2. The minimum absolute atomic E-state index is 0.544. The SMILES string of the molecule is Cc1ccc2c(c1)nc(-c1ccc(Cl)cc1N)n2C1CC1. The number of nitrogen functional groups attached to an aromatic ring is 1. The first-order valence-corrected chi connectivity index (χ1v) is 7.55. The van der Waals surface area contributed by atoms with Crippen molar-refractivity contribution in [3.8, 4) is 11.4 Å². The quantitative estimate of drug-likeness (QED) is 0.703. The number of halogens is 1. The molecule has 4 rings (SSSR count). The Balaban J connectivity index is 2.01. The van der Waals surface area contributed by atoms with E-state index in [0.717, 1.165) is 16.9 Å². The van der Waals surface area contributed by atoms with Crippen LogP contribution in [0.3, 0.4) is 0 Å². The number of rotatable bonds is 2. The summed E-state index contributed by atoms with van der Waals surface area (Å²) in [6, 6.07) is 12.6. The van der Waals surface area contributed by atoms with Gasteiger partial charge >= 0.3 is 0 Å². The van der Waals surface area contributed by atoms with E-state index in [-0.39, 0.29) is 0 Å². The third-order valence-corrected chi connectivity index (χ3v) is 4.25. The molecule has 3 nitrogen and oxygen atoms in total. The van der Waals surface area contributed by atoms with E-state index in [0.29, 0.717) is 16.8 Å². The van der Waals surface area contributed by atoms with E-state index < -0.39 is 0 Å². The molecule has 0 aliphatic heterocycles. The van der Waals surface area contributed by atoms with Crippen LogP contribution in [0.4, 0.5) is 5.69 Å². The highest BCUT2D eigenvalue weighted by atomic mass is 35.5. The summed E-state index contributed by atoms with van der Waals surface area (Å²) in [4.78, 5) is 4.84. The van der Waals surface area contributed by atoms with Crippen LogP contribution in [0.1, 0.15) is 24.4 Å². The third-order valence-electron chi connectivity index (χ3n) is 4.01. The van der Waals surface area contributed by atoms with Crippen molar-refractivity contribution < 1.29 is 0 Å². The molecule has 4 heteroatoms. The van der Waals surface area contributed by atoms with Gasteiger partial charge in [-0.15, -0.1) is 0 Å². The summed E-state index contributed by atoms with van der Waals surface area (Å²) in [5, 5.41) is 0.654. The van der Waals surface area contributed by atoms with Gasteiger partial charge < -0.3 is 10.3 Å². The van der Waals surface area contributed by atoms with E-state index in [1.165, 1.54) is 23.9 Å². The van der Waals surface area contributed by atoms with Crippen LogP contribution in [-0.2, 0) is 0 Å². The minimum Gasteiger partial charge on any atom is -0.398 e. The van der Waals surface area contributed by atoms with Crippen LogP contribution in [0.5, 0.6) is 0 Å². The molecular formula is C17H16ClN3. The van der Waals surface area contributed by atoms with Gasteiger partial charge in [-0.2, -0.15) is 0 Å². The van der Waals surface area contributed by atoms with Crippen LogP contribution in [0.2, 0.25) is 5.02 Å². The topological polar surface area (TPSA) is 43.8 Å². The van der Waals surface area contributed by atoms with E-state index in [2.05, 4.69) is 29.7 Å². The number of aromatic nitrogens is 2. The Bertz CT molecular complexity index is 847. The molecule has 1 aliphatic carbocycles. The average molecular weight is 298 g/mol. The lowest BCUT2D eigenvalue weighted by Gasteiger charge is -2.10. The van der Waals surface area contributed by atoms with Gasteiger partial charge in [0.15, 0.2) is 0 Å². The highest BCUT2D eigenvalue weighted by Crippen LogP contribution is 2.42. The number of imidazole rings is 1. The van der Waals surface area contributed by atoms with Crippen LogP contribution in [0.25, 0.3) is 22.4 Å². The largest absolute Gasteiger partial charge is 0.398 e. The van der Waals surface area contributed by atoms with E-state index in [9.17, 15) is 0 Å². The van der Waals surface area contributed by atoms with Gasteiger partial charge in [0, 0.05) is 22.3 Å². The van der Waals surface area contributed by atoms with Crippen molar-refractivity contribution in [2.75, 3.05) is 5.73 Å². The van der Waals surface area contributed by atoms with Gasteiger partial charge in [0.05, 0.1) is 11.0 Å². The highest BCUT2D eigenvalue weighted by molar-refractivity contribution is 6.31. The van der Waals surface area contributed by atoms with E-state index in [1.54, 1.807) is 6.07 Å². The molecule has 1 aromatic heterocycles. The lowest BCUT2D eigenvalue weighted by Crippen LogP contribution is -2.00. The monoisotopic (exact) mass is 297 g/mol. The molecule has 1 fully saturated rings. The number of anilines is 1. The molecule has 21 heavy (non-hydrogen) atoms. The van der Waals surface area contributed by atoms with Crippen LogP contribution >= 0.6 is 11.6 Å². The molecule has 0 saturated heterocycles. The Labute approximate surface area is 128 Å². The molecule has 2 N–H and O–H groups in total. The van der Waals surface area contributed by atoms with Crippen molar-refractivity contribution in [3.05, 3.63) is 47.0 Å². The molecule has 1 aliphatic rings. The number of nitrogens with two attached hydrogens (primary N) is 1. The minimum atomic E-state index is 0.544. The molecule has 0 bridgehead atoms. The zero-order chi connectivity index (χ0) is 14.6. The zero-order valence-corrected chi connectivity index (χ0v) is 12.6.